The van der Waals surface area contributed by atoms with Gasteiger partial charge >= 0.3 is 6.01 Å². The number of hydrogen-bond donors (Lipinski definition) is 2. The molecule has 2 amide bonds. The standard InChI is InChI=1S/C24H26ClN9O3/c1-3-32(2)9-4-5-18(35)33-10-8-15(12-33)34-22-19(21(26)27-13-28-22)20(31-34)23(36)30-24-29-16-11-14(25)6-7-17(16)37-24/h4-7,11,13,15H,3,8-10,12H2,1-2H3,(H2,26,27,28)(H,29,30,36)/b5-4+/t15-/m1/s1. The van der Waals surface area contributed by atoms with E-state index in [-0.39, 0.29) is 29.5 Å². The molecule has 0 spiro atoms. The summed E-state index contributed by atoms with van der Waals surface area (Å²) in [4.78, 5) is 42.4. The van der Waals surface area contributed by atoms with Gasteiger partial charge in [0, 0.05) is 30.7 Å². The van der Waals surface area contributed by atoms with Crippen molar-refractivity contribution in [3.8, 4) is 0 Å². The number of anilines is 2. The third kappa shape index (κ3) is 4.98. The van der Waals surface area contributed by atoms with E-state index in [1.54, 1.807) is 33.9 Å². The monoisotopic (exact) mass is 523 g/mol. The number of oxazole rings is 1. The SMILES string of the molecule is CCN(C)C/C=C/C(=O)N1CC[C@@H](n2nc(C(=O)Nc3nc4cc(Cl)ccc4o3)c3c(N)ncnc32)C1. The molecule has 4 heterocycles. The minimum Gasteiger partial charge on any atom is -0.423 e. The molecule has 5 rings (SSSR count). The summed E-state index contributed by atoms with van der Waals surface area (Å²) in [5.74, 6) is -0.511. The largest absolute Gasteiger partial charge is 0.423 e. The molecular formula is C24H26ClN9O3. The van der Waals surface area contributed by atoms with Gasteiger partial charge in [-0.25, -0.2) is 14.6 Å². The molecule has 1 aromatic carbocycles. The van der Waals surface area contributed by atoms with Crippen molar-refractivity contribution in [2.24, 2.45) is 0 Å². The van der Waals surface area contributed by atoms with Crippen molar-refractivity contribution in [3.05, 3.63) is 47.4 Å². The first-order chi connectivity index (χ1) is 17.8. The number of likely N-dealkylation sites (N-methyl/N-ethyl adjacent to an activating group) is 1. The van der Waals surface area contributed by atoms with E-state index in [0.717, 1.165) is 6.54 Å². The molecule has 3 aromatic heterocycles. The second-order valence-electron chi connectivity index (χ2n) is 8.82. The van der Waals surface area contributed by atoms with Gasteiger partial charge < -0.3 is 20.0 Å². The molecule has 37 heavy (non-hydrogen) atoms. The van der Waals surface area contributed by atoms with Gasteiger partial charge in [0.25, 0.3) is 5.91 Å². The number of carbonyl (C=O) groups is 2. The maximum atomic E-state index is 13.2. The molecule has 0 radical (unpaired) electrons. The topological polar surface area (TPSA) is 148 Å². The Kier molecular flexibility index (Phi) is 6.76. The maximum absolute atomic E-state index is 13.2. The van der Waals surface area contributed by atoms with Gasteiger partial charge in [0.15, 0.2) is 16.9 Å². The van der Waals surface area contributed by atoms with Gasteiger partial charge in [-0.2, -0.15) is 10.1 Å². The molecule has 0 aliphatic carbocycles. The number of nitrogens with one attached hydrogen (secondary N) is 1. The number of fused-ring (bicyclic) bond motifs is 2. The summed E-state index contributed by atoms with van der Waals surface area (Å²) in [6.45, 7) is 4.65. The predicted molar refractivity (Wildman–Crippen MR) is 139 cm³/mol. The molecule has 192 valence electrons. The molecule has 1 atom stereocenters. The van der Waals surface area contributed by atoms with Crippen LogP contribution in [0.2, 0.25) is 5.02 Å². The fraction of sp³-hybridized carbons (Fsp3) is 0.333. The van der Waals surface area contributed by atoms with Gasteiger partial charge in [0.2, 0.25) is 5.91 Å². The summed E-state index contributed by atoms with van der Waals surface area (Å²) >= 11 is 6.01. The first kappa shape index (κ1) is 24.7. The van der Waals surface area contributed by atoms with E-state index in [2.05, 4.69) is 37.2 Å². The van der Waals surface area contributed by atoms with Gasteiger partial charge in [-0.05, 0) is 38.2 Å². The third-order valence-electron chi connectivity index (χ3n) is 6.34. The van der Waals surface area contributed by atoms with Gasteiger partial charge in [-0.15, -0.1) is 0 Å². The molecule has 0 saturated carbocycles. The minimum absolute atomic E-state index is 0.00136. The zero-order chi connectivity index (χ0) is 26.1. The highest BCUT2D eigenvalue weighted by atomic mass is 35.5. The average molecular weight is 524 g/mol. The Balaban J connectivity index is 1.38. The molecule has 1 fully saturated rings. The number of rotatable bonds is 7. The van der Waals surface area contributed by atoms with E-state index in [4.69, 9.17) is 21.8 Å². The van der Waals surface area contributed by atoms with E-state index < -0.39 is 5.91 Å². The van der Waals surface area contributed by atoms with Crippen molar-refractivity contribution >= 4 is 57.4 Å². The fourth-order valence-corrected chi connectivity index (χ4v) is 4.40. The summed E-state index contributed by atoms with van der Waals surface area (Å²) < 4.78 is 7.25. The third-order valence-corrected chi connectivity index (χ3v) is 6.58. The fourth-order valence-electron chi connectivity index (χ4n) is 4.23. The Morgan fingerprint density at radius 3 is 3.00 bits per heavy atom. The zero-order valence-electron chi connectivity index (χ0n) is 20.4. The molecule has 0 bridgehead atoms. The van der Waals surface area contributed by atoms with Crippen molar-refractivity contribution in [1.29, 1.82) is 0 Å². The van der Waals surface area contributed by atoms with E-state index in [9.17, 15) is 9.59 Å². The lowest BCUT2D eigenvalue weighted by Gasteiger charge is -2.15. The lowest BCUT2D eigenvalue weighted by Crippen LogP contribution is -2.28. The highest BCUT2D eigenvalue weighted by molar-refractivity contribution is 6.31. The number of amides is 2. The Morgan fingerprint density at radius 1 is 1.35 bits per heavy atom. The number of likely N-dealkylation sites (tertiary alicyclic amines) is 1. The molecule has 1 aliphatic rings. The van der Waals surface area contributed by atoms with Crippen molar-refractivity contribution in [3.63, 3.8) is 0 Å². The van der Waals surface area contributed by atoms with Crippen LogP contribution in [-0.2, 0) is 4.79 Å². The van der Waals surface area contributed by atoms with Crippen LogP contribution in [0.3, 0.4) is 0 Å². The Labute approximate surface area is 217 Å². The summed E-state index contributed by atoms with van der Waals surface area (Å²) in [6.07, 6.45) is 5.44. The number of nitrogens with two attached hydrogens (primary N) is 1. The normalized spacial score (nSPS) is 16.0. The van der Waals surface area contributed by atoms with Crippen molar-refractivity contribution in [2.45, 2.75) is 19.4 Å². The molecule has 4 aromatic rings. The van der Waals surface area contributed by atoms with Crippen LogP contribution >= 0.6 is 11.6 Å². The number of nitrogen functional groups attached to an aromatic ring is 1. The summed E-state index contributed by atoms with van der Waals surface area (Å²) in [6, 6.07) is 4.79. The van der Waals surface area contributed by atoms with E-state index in [0.29, 0.717) is 53.2 Å². The van der Waals surface area contributed by atoms with Crippen LogP contribution in [0.25, 0.3) is 22.1 Å². The molecule has 0 unspecified atom stereocenters. The Bertz CT molecular complexity index is 1510. The highest BCUT2D eigenvalue weighted by Gasteiger charge is 2.31. The lowest BCUT2D eigenvalue weighted by molar-refractivity contribution is -0.125. The minimum atomic E-state index is -0.572. The molecule has 1 aliphatic heterocycles. The summed E-state index contributed by atoms with van der Waals surface area (Å²) in [5.41, 5.74) is 7.57. The number of nitrogens with zero attached hydrogens (tertiary/aromatic N) is 7. The Morgan fingerprint density at radius 2 is 2.19 bits per heavy atom. The van der Waals surface area contributed by atoms with Crippen molar-refractivity contribution in [1.82, 2.24) is 34.5 Å². The molecule has 1 saturated heterocycles. The van der Waals surface area contributed by atoms with Gasteiger partial charge in [-0.3, -0.25) is 14.9 Å². The van der Waals surface area contributed by atoms with Crippen LogP contribution in [0.1, 0.15) is 29.9 Å². The van der Waals surface area contributed by atoms with Crippen LogP contribution in [0, 0.1) is 0 Å². The molecule has 13 heteroatoms. The Hall–Kier alpha value is -4.03. The van der Waals surface area contributed by atoms with E-state index in [1.165, 1.54) is 6.33 Å². The molecular weight excluding hydrogens is 498 g/mol. The first-order valence-corrected chi connectivity index (χ1v) is 12.2. The van der Waals surface area contributed by atoms with Gasteiger partial charge in [-0.1, -0.05) is 24.6 Å². The quantitative estimate of drug-likeness (QED) is 0.349. The summed E-state index contributed by atoms with van der Waals surface area (Å²) in [7, 11) is 1.99. The number of carbonyl (C=O) groups excluding carboxylic acids is 2. The number of aromatic nitrogens is 5. The van der Waals surface area contributed by atoms with Crippen molar-refractivity contribution in [2.75, 3.05) is 44.3 Å². The molecule has 12 nitrogen and oxygen atoms in total. The van der Waals surface area contributed by atoms with E-state index in [1.807, 2.05) is 13.1 Å². The number of halogens is 1. The number of benzene rings is 1. The zero-order valence-corrected chi connectivity index (χ0v) is 21.1. The predicted octanol–water partition coefficient (Wildman–Crippen LogP) is 2.74. The second kappa shape index (κ2) is 10.1. The summed E-state index contributed by atoms with van der Waals surface area (Å²) in [5, 5.41) is 8.01. The second-order valence-corrected chi connectivity index (χ2v) is 9.26. The van der Waals surface area contributed by atoms with Crippen LogP contribution in [-0.4, -0.2) is 79.6 Å². The van der Waals surface area contributed by atoms with Gasteiger partial charge in [0.1, 0.15) is 17.7 Å². The van der Waals surface area contributed by atoms with Crippen LogP contribution in [0.15, 0.2) is 41.1 Å². The van der Waals surface area contributed by atoms with Gasteiger partial charge in [0.05, 0.1) is 11.4 Å². The average Bonchev–Trinajstić information content (AvgIpc) is 3.60. The lowest BCUT2D eigenvalue weighted by atomic mass is 10.2. The maximum Gasteiger partial charge on any atom is 0.302 e. The van der Waals surface area contributed by atoms with Crippen LogP contribution < -0.4 is 11.1 Å². The smallest absolute Gasteiger partial charge is 0.302 e. The molecule has 3 N–H and O–H groups in total. The van der Waals surface area contributed by atoms with Crippen LogP contribution in [0.4, 0.5) is 11.8 Å². The highest BCUT2D eigenvalue weighted by Crippen LogP contribution is 2.30. The van der Waals surface area contributed by atoms with E-state index >= 15 is 0 Å². The van der Waals surface area contributed by atoms with Crippen molar-refractivity contribution < 1.29 is 14.0 Å². The number of hydrogen-bond acceptors (Lipinski definition) is 9. The van der Waals surface area contributed by atoms with Crippen LogP contribution in [0.5, 0.6) is 0 Å². The first-order valence-electron chi connectivity index (χ1n) is 11.8.